The van der Waals surface area contributed by atoms with E-state index in [2.05, 4.69) is 32.2 Å². The highest BCUT2D eigenvalue weighted by atomic mass is 79.9. The van der Waals surface area contributed by atoms with Crippen LogP contribution in [0.2, 0.25) is 0 Å². The zero-order chi connectivity index (χ0) is 15.1. The number of ether oxygens (including phenoxy) is 1. The summed E-state index contributed by atoms with van der Waals surface area (Å²) in [4.78, 5) is 12.1. The van der Waals surface area contributed by atoms with E-state index in [0.717, 1.165) is 10.0 Å². The summed E-state index contributed by atoms with van der Waals surface area (Å²) < 4.78 is 6.32. The first-order chi connectivity index (χ1) is 10.0. The molecule has 0 bridgehead atoms. The fourth-order valence-electron chi connectivity index (χ4n) is 2.53. The molecule has 0 fully saturated rings. The van der Waals surface area contributed by atoms with E-state index in [9.17, 15) is 10.1 Å². The maximum atomic E-state index is 12.1. The molecule has 1 unspecified atom stereocenters. The lowest BCUT2D eigenvalue weighted by Gasteiger charge is -2.25. The van der Waals surface area contributed by atoms with Gasteiger partial charge in [-0.05, 0) is 25.1 Å². The first-order valence-electron chi connectivity index (χ1n) is 6.17. The van der Waals surface area contributed by atoms with Gasteiger partial charge in [0.2, 0.25) is 5.88 Å². The van der Waals surface area contributed by atoms with Crippen molar-refractivity contribution in [2.45, 2.75) is 12.8 Å². The van der Waals surface area contributed by atoms with Gasteiger partial charge in [0.15, 0.2) is 0 Å². The Morgan fingerprint density at radius 3 is 2.81 bits per heavy atom. The van der Waals surface area contributed by atoms with Crippen LogP contribution in [0, 0.1) is 18.3 Å². The minimum Gasteiger partial charge on any atom is -0.440 e. The molecule has 4 N–H and O–H groups in total. The molecule has 0 aliphatic carbocycles. The average Bonchev–Trinajstić information content (AvgIpc) is 2.77. The van der Waals surface area contributed by atoms with Crippen LogP contribution in [0.4, 0.5) is 0 Å². The lowest BCUT2D eigenvalue weighted by atomic mass is 9.84. The summed E-state index contributed by atoms with van der Waals surface area (Å²) in [6, 6.07) is 7.45. The summed E-state index contributed by atoms with van der Waals surface area (Å²) in [6.07, 6.45) is 0. The van der Waals surface area contributed by atoms with Gasteiger partial charge in [0.1, 0.15) is 17.4 Å². The molecule has 1 aliphatic heterocycles. The van der Waals surface area contributed by atoms with Crippen LogP contribution in [0.3, 0.4) is 0 Å². The summed E-state index contributed by atoms with van der Waals surface area (Å²) in [5.41, 5.74) is 7.66. The molecule has 2 aromatic rings. The van der Waals surface area contributed by atoms with Crippen molar-refractivity contribution in [3.8, 4) is 11.8 Å². The van der Waals surface area contributed by atoms with Gasteiger partial charge in [0, 0.05) is 15.7 Å². The number of hydrogen-bond acceptors (Lipinski definition) is 4. The third kappa shape index (κ3) is 2.04. The van der Waals surface area contributed by atoms with Crippen LogP contribution >= 0.6 is 15.9 Å². The minimum absolute atomic E-state index is 0.0253. The number of aryl methyl sites for hydroxylation is 1. The molecular weight excluding hydrogens is 336 g/mol. The van der Waals surface area contributed by atoms with Crippen LogP contribution in [-0.4, -0.2) is 10.2 Å². The number of H-pyrrole nitrogens is 2. The highest BCUT2D eigenvalue weighted by Gasteiger charge is 2.34. The molecular formula is C14H11BrN4O2. The number of nitriles is 1. The number of aromatic nitrogens is 2. The molecule has 21 heavy (non-hydrogen) atoms. The fourth-order valence-corrected chi connectivity index (χ4v) is 2.91. The molecule has 0 radical (unpaired) electrons. The van der Waals surface area contributed by atoms with Crippen molar-refractivity contribution in [3.63, 3.8) is 0 Å². The number of nitrogens with two attached hydrogens (primary N) is 1. The van der Waals surface area contributed by atoms with Crippen molar-refractivity contribution in [1.82, 2.24) is 10.2 Å². The molecule has 0 saturated carbocycles. The predicted octanol–water partition coefficient (Wildman–Crippen LogP) is 1.99. The van der Waals surface area contributed by atoms with Crippen molar-refractivity contribution in [3.05, 3.63) is 61.3 Å². The fraction of sp³-hybridized carbons (Fsp3) is 0.143. The van der Waals surface area contributed by atoms with Gasteiger partial charge in [-0.1, -0.05) is 15.9 Å². The number of fused-ring (bicyclic) bond motifs is 1. The van der Waals surface area contributed by atoms with Crippen LogP contribution in [0.1, 0.15) is 22.7 Å². The highest BCUT2D eigenvalue weighted by molar-refractivity contribution is 9.10. The molecule has 1 aliphatic rings. The maximum Gasteiger partial charge on any atom is 0.268 e. The van der Waals surface area contributed by atoms with E-state index in [0.29, 0.717) is 17.0 Å². The summed E-state index contributed by atoms with van der Waals surface area (Å²) in [5, 5.41) is 14.7. The molecule has 0 amide bonds. The number of nitrogens with one attached hydrogen (secondary N) is 2. The first-order valence-corrected chi connectivity index (χ1v) is 6.96. The standard InChI is InChI=1S/C14H11BrN4O2/c1-6-11(14(20)19-18-6)12-8-4-7(15)2-3-10(8)21-13(17)9(12)5-16/h2-4,12H,17H2,1H3,(H2,18,19,20). The number of hydrogen-bond donors (Lipinski definition) is 3. The molecule has 1 atom stereocenters. The summed E-state index contributed by atoms with van der Waals surface area (Å²) in [5.74, 6) is 0.0169. The maximum absolute atomic E-state index is 12.1. The second kappa shape index (κ2) is 4.82. The van der Waals surface area contributed by atoms with Crippen LogP contribution in [0.5, 0.6) is 5.75 Å². The van der Waals surface area contributed by atoms with E-state index in [1.54, 1.807) is 13.0 Å². The molecule has 7 heteroatoms. The zero-order valence-corrected chi connectivity index (χ0v) is 12.6. The second-order valence-electron chi connectivity index (χ2n) is 4.72. The summed E-state index contributed by atoms with van der Waals surface area (Å²) in [6.45, 7) is 1.77. The number of nitrogens with zero attached hydrogens (tertiary/aromatic N) is 1. The summed E-state index contributed by atoms with van der Waals surface area (Å²) in [7, 11) is 0. The Morgan fingerprint density at radius 1 is 1.43 bits per heavy atom. The van der Waals surface area contributed by atoms with Crippen molar-refractivity contribution >= 4 is 15.9 Å². The largest absolute Gasteiger partial charge is 0.440 e. The Kier molecular flexibility index (Phi) is 3.11. The van der Waals surface area contributed by atoms with Gasteiger partial charge in [0.05, 0.1) is 11.5 Å². The van der Waals surface area contributed by atoms with Gasteiger partial charge >= 0.3 is 0 Å². The van der Waals surface area contributed by atoms with E-state index >= 15 is 0 Å². The number of halogens is 1. The Bertz CT molecular complexity index is 857. The van der Waals surface area contributed by atoms with E-state index in [-0.39, 0.29) is 17.0 Å². The third-order valence-corrected chi connectivity index (χ3v) is 3.97. The van der Waals surface area contributed by atoms with E-state index in [4.69, 9.17) is 10.5 Å². The van der Waals surface area contributed by atoms with Crippen molar-refractivity contribution < 1.29 is 4.74 Å². The number of benzene rings is 1. The third-order valence-electron chi connectivity index (χ3n) is 3.48. The summed E-state index contributed by atoms with van der Waals surface area (Å²) >= 11 is 3.40. The average molecular weight is 347 g/mol. The minimum atomic E-state index is -0.550. The van der Waals surface area contributed by atoms with Crippen LogP contribution < -0.4 is 16.0 Å². The van der Waals surface area contributed by atoms with Crippen LogP contribution in [0.15, 0.2) is 38.9 Å². The molecule has 0 spiro atoms. The van der Waals surface area contributed by atoms with Gasteiger partial charge in [-0.25, -0.2) is 0 Å². The Labute approximate surface area is 128 Å². The number of allylic oxidation sites excluding steroid dienone is 1. The predicted molar refractivity (Wildman–Crippen MR) is 79.6 cm³/mol. The van der Waals surface area contributed by atoms with Crippen molar-refractivity contribution in [2.24, 2.45) is 5.73 Å². The molecule has 0 saturated heterocycles. The number of aromatic amines is 2. The smallest absolute Gasteiger partial charge is 0.268 e. The Balaban J connectivity index is 2.34. The van der Waals surface area contributed by atoms with Gasteiger partial charge in [-0.3, -0.25) is 9.89 Å². The quantitative estimate of drug-likeness (QED) is 0.733. The van der Waals surface area contributed by atoms with Gasteiger partial charge in [-0.15, -0.1) is 0 Å². The molecule has 2 heterocycles. The second-order valence-corrected chi connectivity index (χ2v) is 5.64. The van der Waals surface area contributed by atoms with Gasteiger partial charge in [-0.2, -0.15) is 5.26 Å². The van der Waals surface area contributed by atoms with E-state index in [1.807, 2.05) is 12.1 Å². The molecule has 6 nitrogen and oxygen atoms in total. The van der Waals surface area contributed by atoms with Gasteiger partial charge < -0.3 is 15.6 Å². The topological polar surface area (TPSA) is 108 Å². The zero-order valence-electron chi connectivity index (χ0n) is 11.0. The van der Waals surface area contributed by atoms with Gasteiger partial charge in [0.25, 0.3) is 5.56 Å². The first kappa shape index (κ1) is 13.5. The number of rotatable bonds is 1. The van der Waals surface area contributed by atoms with Crippen LogP contribution in [0.25, 0.3) is 0 Å². The normalized spacial score (nSPS) is 17.1. The van der Waals surface area contributed by atoms with E-state index < -0.39 is 5.92 Å². The molecule has 3 rings (SSSR count). The molecule has 106 valence electrons. The molecule has 1 aromatic heterocycles. The lowest BCUT2D eigenvalue weighted by molar-refractivity contribution is 0.393. The van der Waals surface area contributed by atoms with Crippen LogP contribution in [-0.2, 0) is 0 Å². The van der Waals surface area contributed by atoms with Crippen molar-refractivity contribution in [2.75, 3.05) is 0 Å². The van der Waals surface area contributed by atoms with E-state index in [1.165, 1.54) is 0 Å². The Morgan fingerprint density at radius 2 is 2.19 bits per heavy atom. The monoisotopic (exact) mass is 346 g/mol. The van der Waals surface area contributed by atoms with Crippen molar-refractivity contribution in [1.29, 1.82) is 5.26 Å². The lowest BCUT2D eigenvalue weighted by Crippen LogP contribution is -2.24. The highest BCUT2D eigenvalue weighted by Crippen LogP contribution is 2.42. The SMILES string of the molecule is Cc1[nH][nH]c(=O)c1C1C(C#N)=C(N)Oc2ccc(Br)cc21. The Hall–Kier alpha value is -2.46. The molecule has 1 aromatic carbocycles.